The highest BCUT2D eigenvalue weighted by atomic mass is 16.5. The Morgan fingerprint density at radius 1 is 1.10 bits per heavy atom. The van der Waals surface area contributed by atoms with E-state index < -0.39 is 0 Å². The Labute approximate surface area is 172 Å². The molecule has 29 heavy (non-hydrogen) atoms. The first kappa shape index (κ1) is 19.9. The summed E-state index contributed by atoms with van der Waals surface area (Å²) in [6.07, 6.45) is 5.69. The molecule has 0 aliphatic carbocycles. The first-order valence-electron chi connectivity index (χ1n) is 10.2. The van der Waals surface area contributed by atoms with Gasteiger partial charge in [0.2, 0.25) is 5.95 Å². The second-order valence-electron chi connectivity index (χ2n) is 8.10. The van der Waals surface area contributed by atoms with Gasteiger partial charge < -0.3 is 19.5 Å². The van der Waals surface area contributed by atoms with Crippen molar-refractivity contribution in [1.82, 2.24) is 14.9 Å². The highest BCUT2D eigenvalue weighted by Crippen LogP contribution is 2.45. The van der Waals surface area contributed by atoms with Gasteiger partial charge in [0.25, 0.3) is 0 Å². The van der Waals surface area contributed by atoms with Gasteiger partial charge in [0.15, 0.2) is 11.5 Å². The molecule has 2 aromatic rings. The number of likely N-dealkylation sites (tertiary alicyclic amines) is 1. The minimum absolute atomic E-state index is 0.128. The van der Waals surface area contributed by atoms with Crippen LogP contribution in [-0.2, 0) is 6.54 Å². The summed E-state index contributed by atoms with van der Waals surface area (Å²) < 4.78 is 11.0. The van der Waals surface area contributed by atoms with Crippen LogP contribution < -0.4 is 14.4 Å². The minimum Gasteiger partial charge on any atom is -0.493 e. The maximum Gasteiger partial charge on any atom is 0.225 e. The van der Waals surface area contributed by atoms with Crippen LogP contribution in [0.1, 0.15) is 18.4 Å². The highest BCUT2D eigenvalue weighted by Gasteiger charge is 2.48. The third-order valence-electron chi connectivity index (χ3n) is 6.60. The molecule has 4 rings (SSSR count). The van der Waals surface area contributed by atoms with E-state index in [4.69, 9.17) is 9.47 Å². The Morgan fingerprint density at radius 2 is 1.86 bits per heavy atom. The Bertz CT molecular complexity index is 809. The third kappa shape index (κ3) is 3.89. The number of rotatable bonds is 6. The fourth-order valence-electron chi connectivity index (χ4n) is 4.93. The predicted octanol–water partition coefficient (Wildman–Crippen LogP) is 2.20. The van der Waals surface area contributed by atoms with Crippen molar-refractivity contribution in [2.24, 2.45) is 11.3 Å². The number of aliphatic hydroxyl groups is 1. The SMILES string of the molecule is COc1cccc(CN2CCC3(CC2)CN(c2ncccn2)CC3CO)c1OC. The van der Waals surface area contributed by atoms with Crippen LogP contribution in [0, 0.1) is 11.3 Å². The van der Waals surface area contributed by atoms with Crippen molar-refractivity contribution in [2.75, 3.05) is 51.9 Å². The van der Waals surface area contributed by atoms with E-state index in [-0.39, 0.29) is 17.9 Å². The number of nitrogens with zero attached hydrogens (tertiary/aromatic N) is 4. The molecule has 7 heteroatoms. The lowest BCUT2D eigenvalue weighted by molar-refractivity contribution is 0.0503. The van der Waals surface area contributed by atoms with E-state index in [1.807, 2.05) is 18.2 Å². The Balaban J connectivity index is 1.44. The van der Waals surface area contributed by atoms with Crippen molar-refractivity contribution < 1.29 is 14.6 Å². The molecule has 156 valence electrons. The van der Waals surface area contributed by atoms with E-state index in [1.165, 1.54) is 0 Å². The van der Waals surface area contributed by atoms with Gasteiger partial charge in [-0.05, 0) is 43.5 Å². The molecule has 3 heterocycles. The average molecular weight is 399 g/mol. The summed E-state index contributed by atoms with van der Waals surface area (Å²) >= 11 is 0. The summed E-state index contributed by atoms with van der Waals surface area (Å²) in [5.74, 6) is 2.62. The molecule has 1 unspecified atom stereocenters. The highest BCUT2D eigenvalue weighted by molar-refractivity contribution is 5.46. The fourth-order valence-corrected chi connectivity index (χ4v) is 4.93. The molecule has 1 spiro atoms. The van der Waals surface area contributed by atoms with E-state index in [0.29, 0.717) is 0 Å². The van der Waals surface area contributed by atoms with Crippen molar-refractivity contribution in [2.45, 2.75) is 19.4 Å². The van der Waals surface area contributed by atoms with E-state index in [9.17, 15) is 5.11 Å². The number of aliphatic hydroxyl groups excluding tert-OH is 1. The maximum absolute atomic E-state index is 10.1. The molecule has 0 bridgehead atoms. The Hall–Kier alpha value is -2.38. The minimum atomic E-state index is 0.128. The molecule has 2 aliphatic rings. The molecule has 2 aliphatic heterocycles. The van der Waals surface area contributed by atoms with Gasteiger partial charge in [-0.3, -0.25) is 4.90 Å². The summed E-state index contributed by atoms with van der Waals surface area (Å²) in [6, 6.07) is 7.88. The number of methoxy groups -OCH3 is 2. The number of para-hydroxylation sites is 1. The molecule has 0 saturated carbocycles. The zero-order chi connectivity index (χ0) is 20.3. The number of piperidine rings is 1. The van der Waals surface area contributed by atoms with Crippen molar-refractivity contribution >= 4 is 5.95 Å². The summed E-state index contributed by atoms with van der Waals surface area (Å²) in [5, 5.41) is 10.1. The molecule has 1 aromatic carbocycles. The zero-order valence-corrected chi connectivity index (χ0v) is 17.3. The van der Waals surface area contributed by atoms with Crippen LogP contribution in [-0.4, -0.2) is 67.0 Å². The van der Waals surface area contributed by atoms with Crippen molar-refractivity contribution in [3.8, 4) is 11.5 Å². The van der Waals surface area contributed by atoms with E-state index >= 15 is 0 Å². The topological polar surface area (TPSA) is 71.0 Å². The first-order valence-corrected chi connectivity index (χ1v) is 10.2. The van der Waals surface area contributed by atoms with Gasteiger partial charge in [-0.1, -0.05) is 12.1 Å². The second-order valence-corrected chi connectivity index (χ2v) is 8.10. The van der Waals surface area contributed by atoms with Crippen LogP contribution in [0.2, 0.25) is 0 Å². The molecular formula is C22H30N4O3. The number of anilines is 1. The molecule has 0 amide bonds. The van der Waals surface area contributed by atoms with Crippen molar-refractivity contribution in [1.29, 1.82) is 0 Å². The second kappa shape index (κ2) is 8.55. The van der Waals surface area contributed by atoms with Gasteiger partial charge in [0, 0.05) is 50.1 Å². The molecule has 2 saturated heterocycles. The molecule has 1 atom stereocenters. The third-order valence-corrected chi connectivity index (χ3v) is 6.60. The predicted molar refractivity (Wildman–Crippen MR) is 111 cm³/mol. The Kier molecular flexibility index (Phi) is 5.87. The van der Waals surface area contributed by atoms with E-state index in [2.05, 4.69) is 25.8 Å². The van der Waals surface area contributed by atoms with Gasteiger partial charge in [0.05, 0.1) is 14.2 Å². The van der Waals surface area contributed by atoms with Gasteiger partial charge in [-0.25, -0.2) is 9.97 Å². The Morgan fingerprint density at radius 3 is 2.52 bits per heavy atom. The molecule has 7 nitrogen and oxygen atoms in total. The van der Waals surface area contributed by atoms with E-state index in [0.717, 1.165) is 68.6 Å². The summed E-state index contributed by atoms with van der Waals surface area (Å²) in [5.41, 5.74) is 1.27. The lowest BCUT2D eigenvalue weighted by Gasteiger charge is -2.42. The van der Waals surface area contributed by atoms with Crippen LogP contribution in [0.5, 0.6) is 11.5 Å². The van der Waals surface area contributed by atoms with Crippen LogP contribution in [0.25, 0.3) is 0 Å². The molecule has 0 radical (unpaired) electrons. The number of aromatic nitrogens is 2. The van der Waals surface area contributed by atoms with Crippen LogP contribution >= 0.6 is 0 Å². The molecule has 2 fully saturated rings. The quantitative estimate of drug-likeness (QED) is 0.800. The van der Waals surface area contributed by atoms with Gasteiger partial charge in [-0.15, -0.1) is 0 Å². The largest absolute Gasteiger partial charge is 0.493 e. The molecule has 1 aromatic heterocycles. The standard InChI is InChI=1S/C22H30N4O3/c1-28-19-6-3-5-17(20(19)29-2)13-25-11-7-22(8-12-25)16-26(14-18(22)15-27)21-23-9-4-10-24-21/h3-6,9-10,18,27H,7-8,11-16H2,1-2H3. The number of hydrogen-bond acceptors (Lipinski definition) is 7. The van der Waals surface area contributed by atoms with Crippen molar-refractivity contribution in [3.05, 3.63) is 42.2 Å². The van der Waals surface area contributed by atoms with Crippen LogP contribution in [0.4, 0.5) is 5.95 Å². The van der Waals surface area contributed by atoms with Gasteiger partial charge in [0.1, 0.15) is 0 Å². The monoisotopic (exact) mass is 398 g/mol. The number of benzene rings is 1. The molecule has 1 N–H and O–H groups in total. The normalized spacial score (nSPS) is 21.5. The lowest BCUT2D eigenvalue weighted by Crippen LogP contribution is -2.44. The lowest BCUT2D eigenvalue weighted by atomic mass is 9.71. The molecular weight excluding hydrogens is 368 g/mol. The smallest absolute Gasteiger partial charge is 0.225 e. The average Bonchev–Trinajstić information content (AvgIpc) is 3.14. The number of ether oxygens (including phenoxy) is 2. The zero-order valence-electron chi connectivity index (χ0n) is 17.3. The van der Waals surface area contributed by atoms with Gasteiger partial charge in [-0.2, -0.15) is 0 Å². The van der Waals surface area contributed by atoms with E-state index in [1.54, 1.807) is 26.6 Å². The number of hydrogen-bond donors (Lipinski definition) is 1. The summed E-state index contributed by atoms with van der Waals surface area (Å²) in [4.78, 5) is 13.5. The van der Waals surface area contributed by atoms with Crippen LogP contribution in [0.3, 0.4) is 0 Å². The first-order chi connectivity index (χ1) is 14.2. The van der Waals surface area contributed by atoms with Crippen molar-refractivity contribution in [3.63, 3.8) is 0 Å². The summed E-state index contributed by atoms with van der Waals surface area (Å²) in [6.45, 7) is 4.79. The van der Waals surface area contributed by atoms with Crippen LogP contribution in [0.15, 0.2) is 36.7 Å². The fraction of sp³-hybridized carbons (Fsp3) is 0.545. The summed E-state index contributed by atoms with van der Waals surface area (Å²) in [7, 11) is 3.36. The maximum atomic E-state index is 10.1. The van der Waals surface area contributed by atoms with Gasteiger partial charge >= 0.3 is 0 Å².